The predicted molar refractivity (Wildman–Crippen MR) is 101 cm³/mol. The molecule has 1 amide bonds. The van der Waals surface area contributed by atoms with Crippen LogP contribution in [-0.2, 0) is 30.9 Å². The first-order valence-corrected chi connectivity index (χ1v) is 9.95. The molecule has 7 nitrogen and oxygen atoms in total. The van der Waals surface area contributed by atoms with Gasteiger partial charge in [-0.3, -0.25) is 9.35 Å². The van der Waals surface area contributed by atoms with E-state index in [2.05, 4.69) is 5.32 Å². The second-order valence-electron chi connectivity index (χ2n) is 5.86. The first-order chi connectivity index (χ1) is 12.8. The number of amides is 1. The maximum atomic E-state index is 12.2. The molecule has 0 fully saturated rings. The molecule has 0 aliphatic rings. The molecule has 27 heavy (non-hydrogen) atoms. The molecule has 0 aliphatic carbocycles. The van der Waals surface area contributed by atoms with Crippen LogP contribution in [-0.4, -0.2) is 43.2 Å². The van der Waals surface area contributed by atoms with E-state index in [9.17, 15) is 18.0 Å². The van der Waals surface area contributed by atoms with Crippen molar-refractivity contribution in [2.45, 2.75) is 19.4 Å². The van der Waals surface area contributed by atoms with Crippen LogP contribution < -0.4 is 5.32 Å². The third-order valence-electron chi connectivity index (χ3n) is 3.71. The fourth-order valence-corrected chi connectivity index (χ4v) is 3.14. The lowest BCUT2D eigenvalue weighted by Crippen LogP contribution is -2.46. The van der Waals surface area contributed by atoms with Gasteiger partial charge in [-0.1, -0.05) is 54.6 Å². The third-order valence-corrected chi connectivity index (χ3v) is 4.46. The predicted octanol–water partition coefficient (Wildman–Crippen LogP) is 1.83. The molecule has 0 heterocycles. The van der Waals surface area contributed by atoms with Gasteiger partial charge in [-0.25, -0.2) is 4.79 Å². The first-order valence-electron chi connectivity index (χ1n) is 8.34. The highest BCUT2D eigenvalue weighted by Gasteiger charge is 2.27. The van der Waals surface area contributed by atoms with Crippen molar-refractivity contribution in [3.05, 3.63) is 60.2 Å². The number of hydrogen-bond acceptors (Lipinski definition) is 5. The Morgan fingerprint density at radius 1 is 1.04 bits per heavy atom. The maximum absolute atomic E-state index is 12.2. The van der Waals surface area contributed by atoms with Gasteiger partial charge in [0.25, 0.3) is 10.1 Å². The molecule has 2 rings (SSSR count). The van der Waals surface area contributed by atoms with E-state index in [1.807, 2.05) is 42.5 Å². The number of benzene rings is 2. The van der Waals surface area contributed by atoms with Crippen LogP contribution in [0, 0.1) is 0 Å². The van der Waals surface area contributed by atoms with Crippen LogP contribution in [0.3, 0.4) is 0 Å². The zero-order chi connectivity index (χ0) is 19.9. The molecule has 144 valence electrons. The van der Waals surface area contributed by atoms with Gasteiger partial charge >= 0.3 is 5.97 Å². The van der Waals surface area contributed by atoms with E-state index in [0.29, 0.717) is 5.56 Å². The van der Waals surface area contributed by atoms with Crippen LogP contribution in [0.5, 0.6) is 0 Å². The van der Waals surface area contributed by atoms with Crippen molar-refractivity contribution in [3.63, 3.8) is 0 Å². The summed E-state index contributed by atoms with van der Waals surface area (Å²) in [5.74, 6) is -2.41. The molecule has 2 aromatic rings. The molecular formula is C19H21NO6S. The molecule has 1 atom stereocenters. The summed E-state index contributed by atoms with van der Waals surface area (Å²) in [6.45, 7) is 1.58. The maximum Gasteiger partial charge on any atom is 0.329 e. The molecule has 8 heteroatoms. The lowest BCUT2D eigenvalue weighted by atomic mass is 10.0. The number of rotatable bonds is 8. The summed E-state index contributed by atoms with van der Waals surface area (Å²) in [6.07, 6.45) is -0.0452. The second-order valence-corrected chi connectivity index (χ2v) is 7.36. The topological polar surface area (TPSA) is 110 Å². The van der Waals surface area contributed by atoms with E-state index >= 15 is 0 Å². The minimum absolute atomic E-state index is 0.0254. The number of hydrogen-bond donors (Lipinski definition) is 2. The highest BCUT2D eigenvalue weighted by Crippen LogP contribution is 2.19. The fraction of sp³-hybridized carbons (Fsp3) is 0.263. The van der Waals surface area contributed by atoms with E-state index in [1.54, 1.807) is 19.1 Å². The van der Waals surface area contributed by atoms with Gasteiger partial charge in [0.05, 0.1) is 13.0 Å². The molecule has 0 aromatic heterocycles. The lowest BCUT2D eigenvalue weighted by Gasteiger charge is -2.16. The van der Waals surface area contributed by atoms with Gasteiger partial charge in [-0.15, -0.1) is 0 Å². The number of ether oxygens (including phenoxy) is 1. The number of esters is 1. The number of carbonyl (C=O) groups excluding carboxylic acids is 2. The smallest absolute Gasteiger partial charge is 0.329 e. The van der Waals surface area contributed by atoms with Gasteiger partial charge in [-0.05, 0) is 23.6 Å². The van der Waals surface area contributed by atoms with Crippen LogP contribution in [0.4, 0.5) is 0 Å². The van der Waals surface area contributed by atoms with Gasteiger partial charge in [0.15, 0.2) is 0 Å². The van der Waals surface area contributed by atoms with E-state index in [-0.39, 0.29) is 13.0 Å². The van der Waals surface area contributed by atoms with Crippen molar-refractivity contribution < 1.29 is 27.3 Å². The summed E-state index contributed by atoms with van der Waals surface area (Å²) >= 11 is 0. The Balaban J connectivity index is 2.03. The van der Waals surface area contributed by atoms with Crippen LogP contribution in [0.2, 0.25) is 0 Å². The molecule has 0 unspecified atom stereocenters. The summed E-state index contributed by atoms with van der Waals surface area (Å²) in [5.41, 5.74) is 2.74. The standard InChI is InChI=1S/C19H21NO6S/c1-2-26-19(22)17(13-27(23,24)25)20-18(21)12-14-8-10-16(11-9-14)15-6-4-3-5-7-15/h3-11,17H,2,12-13H2,1H3,(H,20,21)(H,23,24,25)/t17-/m0/s1. The Bertz CT molecular complexity index is 878. The number of carbonyl (C=O) groups is 2. The van der Waals surface area contributed by atoms with Crippen molar-refractivity contribution in [3.8, 4) is 11.1 Å². The SMILES string of the molecule is CCOC(=O)[C@H](CS(=O)(=O)O)NC(=O)Cc1ccc(-c2ccccc2)cc1. The van der Waals surface area contributed by atoms with Gasteiger partial charge in [-0.2, -0.15) is 8.42 Å². The average Bonchev–Trinajstić information content (AvgIpc) is 2.61. The third kappa shape index (κ3) is 6.84. The van der Waals surface area contributed by atoms with Gasteiger partial charge in [0.2, 0.25) is 5.91 Å². The van der Waals surface area contributed by atoms with Crippen LogP contribution in [0.25, 0.3) is 11.1 Å². The van der Waals surface area contributed by atoms with Crippen LogP contribution in [0.15, 0.2) is 54.6 Å². The molecule has 0 radical (unpaired) electrons. The molecule has 0 bridgehead atoms. The van der Waals surface area contributed by atoms with Crippen molar-refractivity contribution in [2.24, 2.45) is 0 Å². The molecule has 2 N–H and O–H groups in total. The zero-order valence-electron chi connectivity index (χ0n) is 14.8. The lowest BCUT2D eigenvalue weighted by molar-refractivity contribution is -0.146. The average molecular weight is 391 g/mol. The quantitative estimate of drug-likeness (QED) is 0.525. The summed E-state index contributed by atoms with van der Waals surface area (Å²) in [6, 6.07) is 15.6. The highest BCUT2D eigenvalue weighted by molar-refractivity contribution is 7.85. The Kier molecular flexibility index (Phi) is 7.09. The fourth-order valence-electron chi connectivity index (χ4n) is 2.50. The van der Waals surface area contributed by atoms with Crippen LogP contribution >= 0.6 is 0 Å². The minimum atomic E-state index is -4.46. The van der Waals surface area contributed by atoms with E-state index < -0.39 is 33.8 Å². The van der Waals surface area contributed by atoms with E-state index in [0.717, 1.165) is 11.1 Å². The zero-order valence-corrected chi connectivity index (χ0v) is 15.6. The Labute approximate surface area is 158 Å². The first kappa shape index (κ1) is 20.6. The normalized spacial score (nSPS) is 12.2. The molecular weight excluding hydrogens is 370 g/mol. The van der Waals surface area contributed by atoms with E-state index in [4.69, 9.17) is 9.29 Å². The van der Waals surface area contributed by atoms with Crippen molar-refractivity contribution in [1.82, 2.24) is 5.32 Å². The largest absolute Gasteiger partial charge is 0.464 e. The monoisotopic (exact) mass is 391 g/mol. The molecule has 0 saturated carbocycles. The molecule has 0 saturated heterocycles. The summed E-state index contributed by atoms with van der Waals surface area (Å²) in [4.78, 5) is 24.0. The summed E-state index contributed by atoms with van der Waals surface area (Å²) in [7, 11) is -4.46. The summed E-state index contributed by atoms with van der Waals surface area (Å²) < 4.78 is 35.8. The van der Waals surface area contributed by atoms with Crippen molar-refractivity contribution in [1.29, 1.82) is 0 Å². The Hall–Kier alpha value is -2.71. The molecule has 0 spiro atoms. The second kappa shape index (κ2) is 9.29. The summed E-state index contributed by atoms with van der Waals surface area (Å²) in [5, 5.41) is 2.30. The number of nitrogens with one attached hydrogen (secondary N) is 1. The minimum Gasteiger partial charge on any atom is -0.464 e. The Morgan fingerprint density at radius 3 is 2.19 bits per heavy atom. The van der Waals surface area contributed by atoms with Gasteiger partial charge in [0, 0.05) is 0 Å². The Morgan fingerprint density at radius 2 is 1.63 bits per heavy atom. The van der Waals surface area contributed by atoms with Crippen LogP contribution in [0.1, 0.15) is 12.5 Å². The molecule has 0 aliphatic heterocycles. The van der Waals surface area contributed by atoms with Crippen molar-refractivity contribution in [2.75, 3.05) is 12.4 Å². The van der Waals surface area contributed by atoms with Crippen molar-refractivity contribution >= 4 is 22.0 Å². The highest BCUT2D eigenvalue weighted by atomic mass is 32.2. The van der Waals surface area contributed by atoms with E-state index in [1.165, 1.54) is 0 Å². The van der Waals surface area contributed by atoms with Gasteiger partial charge in [0.1, 0.15) is 11.8 Å². The molecule has 2 aromatic carbocycles. The van der Waals surface area contributed by atoms with Gasteiger partial charge < -0.3 is 10.1 Å².